The number of alkyl halides is 3. The topological polar surface area (TPSA) is 29.5 Å². The maximum Gasteiger partial charge on any atom is 0.416 e. The van der Waals surface area contributed by atoms with Crippen LogP contribution in [0.2, 0.25) is 0 Å². The van der Waals surface area contributed by atoms with Crippen molar-refractivity contribution in [3.05, 3.63) is 35.4 Å². The summed E-state index contributed by atoms with van der Waals surface area (Å²) in [5.41, 5.74) is 0.354. The Morgan fingerprint density at radius 1 is 1.17 bits per heavy atom. The van der Waals surface area contributed by atoms with E-state index in [0.717, 1.165) is 43.6 Å². The van der Waals surface area contributed by atoms with Crippen molar-refractivity contribution in [2.45, 2.75) is 45.2 Å². The Morgan fingerprint density at radius 2 is 1.71 bits per heavy atom. The van der Waals surface area contributed by atoms with Crippen LogP contribution in [0.3, 0.4) is 0 Å². The summed E-state index contributed by atoms with van der Waals surface area (Å²) in [4.78, 5) is 13.3. The molecule has 1 saturated heterocycles. The van der Waals surface area contributed by atoms with E-state index in [1.165, 1.54) is 7.11 Å². The first-order chi connectivity index (χ1) is 11.4. The van der Waals surface area contributed by atoms with Crippen LogP contribution in [0.15, 0.2) is 24.3 Å². The standard InChI is InChI=1S/C16H20F3NO2.C2H6/c1-22-15(21)8-11-20-9-6-13(7-10-20)12-2-4-14(5-3-12)16(17,18)19;1-2/h2-5,13H,6-11H2,1H3;1-2H3. The van der Waals surface area contributed by atoms with Crippen molar-refractivity contribution in [1.29, 1.82) is 0 Å². The highest BCUT2D eigenvalue weighted by atomic mass is 19.4. The van der Waals surface area contributed by atoms with E-state index in [9.17, 15) is 18.0 Å². The van der Waals surface area contributed by atoms with E-state index in [1.54, 1.807) is 12.1 Å². The SMILES string of the molecule is CC.COC(=O)CCN1CCC(c2ccc(C(F)(F)F)cc2)CC1. The highest BCUT2D eigenvalue weighted by Gasteiger charge is 2.30. The second kappa shape index (κ2) is 9.67. The van der Waals surface area contributed by atoms with Crippen LogP contribution in [0.25, 0.3) is 0 Å². The molecule has 1 heterocycles. The Bertz CT molecular complexity index is 492. The molecule has 1 aromatic carbocycles. The number of hydrogen-bond donors (Lipinski definition) is 0. The molecule has 0 N–H and O–H groups in total. The number of nitrogens with zero attached hydrogens (tertiary/aromatic N) is 1. The summed E-state index contributed by atoms with van der Waals surface area (Å²) in [6.07, 6.45) is -2.11. The van der Waals surface area contributed by atoms with E-state index in [0.29, 0.717) is 13.0 Å². The molecule has 0 radical (unpaired) electrons. The van der Waals surface area contributed by atoms with Gasteiger partial charge in [-0.25, -0.2) is 0 Å². The van der Waals surface area contributed by atoms with E-state index in [4.69, 9.17) is 0 Å². The first kappa shape index (κ1) is 20.5. The number of benzene rings is 1. The average Bonchev–Trinajstić information content (AvgIpc) is 2.61. The Hall–Kier alpha value is -1.56. The largest absolute Gasteiger partial charge is 0.469 e. The van der Waals surface area contributed by atoms with Crippen LogP contribution >= 0.6 is 0 Å². The van der Waals surface area contributed by atoms with Gasteiger partial charge in [0.15, 0.2) is 0 Å². The van der Waals surface area contributed by atoms with Gasteiger partial charge < -0.3 is 9.64 Å². The summed E-state index contributed by atoms with van der Waals surface area (Å²) >= 11 is 0. The van der Waals surface area contributed by atoms with Crippen LogP contribution in [0.4, 0.5) is 13.2 Å². The minimum atomic E-state index is -4.28. The third-order valence-electron chi connectivity index (χ3n) is 4.16. The summed E-state index contributed by atoms with van der Waals surface area (Å²) < 4.78 is 42.3. The fourth-order valence-corrected chi connectivity index (χ4v) is 2.79. The average molecular weight is 345 g/mol. The van der Waals surface area contributed by atoms with Crippen LogP contribution in [0.1, 0.15) is 50.2 Å². The molecule has 0 bridgehead atoms. The molecule has 3 nitrogen and oxygen atoms in total. The van der Waals surface area contributed by atoms with Crippen molar-refractivity contribution in [2.75, 3.05) is 26.7 Å². The van der Waals surface area contributed by atoms with Gasteiger partial charge in [-0.1, -0.05) is 26.0 Å². The van der Waals surface area contributed by atoms with Crippen molar-refractivity contribution < 1.29 is 22.7 Å². The van der Waals surface area contributed by atoms with Gasteiger partial charge in [0.2, 0.25) is 0 Å². The van der Waals surface area contributed by atoms with Gasteiger partial charge in [0.1, 0.15) is 0 Å². The summed E-state index contributed by atoms with van der Waals surface area (Å²) in [6.45, 7) is 6.37. The predicted molar refractivity (Wildman–Crippen MR) is 87.8 cm³/mol. The predicted octanol–water partition coefficient (Wildman–Crippen LogP) is 4.47. The Morgan fingerprint density at radius 3 is 2.17 bits per heavy atom. The molecule has 1 aromatic rings. The number of halogens is 3. The van der Waals surface area contributed by atoms with Crippen molar-refractivity contribution in [2.24, 2.45) is 0 Å². The first-order valence-corrected chi connectivity index (χ1v) is 8.36. The van der Waals surface area contributed by atoms with Crippen LogP contribution in [-0.2, 0) is 15.7 Å². The molecule has 2 rings (SSSR count). The van der Waals surface area contributed by atoms with Crippen LogP contribution in [0.5, 0.6) is 0 Å². The summed E-state index contributed by atoms with van der Waals surface area (Å²) in [7, 11) is 1.37. The van der Waals surface area contributed by atoms with Crippen LogP contribution in [-0.4, -0.2) is 37.6 Å². The molecule has 0 spiro atoms. The Balaban J connectivity index is 0.00000139. The lowest BCUT2D eigenvalue weighted by atomic mass is 9.89. The van der Waals surface area contributed by atoms with Gasteiger partial charge in [0.25, 0.3) is 0 Å². The second-order valence-electron chi connectivity index (χ2n) is 5.56. The number of carbonyl (C=O) groups is 1. The molecule has 0 unspecified atom stereocenters. The minimum absolute atomic E-state index is 0.218. The molecule has 0 aliphatic carbocycles. The first-order valence-electron chi connectivity index (χ1n) is 8.36. The van der Waals surface area contributed by atoms with Crippen molar-refractivity contribution >= 4 is 5.97 Å². The second-order valence-corrected chi connectivity index (χ2v) is 5.56. The van der Waals surface area contributed by atoms with Gasteiger partial charge in [0, 0.05) is 6.54 Å². The number of esters is 1. The van der Waals surface area contributed by atoms with Crippen molar-refractivity contribution in [1.82, 2.24) is 4.90 Å². The minimum Gasteiger partial charge on any atom is -0.469 e. The van der Waals surface area contributed by atoms with Crippen LogP contribution < -0.4 is 0 Å². The molecular formula is C18H26F3NO2. The fraction of sp³-hybridized carbons (Fsp3) is 0.611. The number of ether oxygens (including phenoxy) is 1. The van der Waals surface area contributed by atoms with Gasteiger partial charge in [-0.3, -0.25) is 4.79 Å². The Kier molecular flexibility index (Phi) is 8.25. The number of hydrogen-bond acceptors (Lipinski definition) is 3. The maximum absolute atomic E-state index is 12.5. The number of carbonyl (C=O) groups excluding carboxylic acids is 1. The number of likely N-dealkylation sites (tertiary alicyclic amines) is 1. The molecule has 136 valence electrons. The molecule has 0 aromatic heterocycles. The molecule has 0 amide bonds. The lowest BCUT2D eigenvalue weighted by Gasteiger charge is -2.32. The van der Waals surface area contributed by atoms with E-state index in [1.807, 2.05) is 13.8 Å². The van der Waals surface area contributed by atoms with E-state index >= 15 is 0 Å². The quantitative estimate of drug-likeness (QED) is 0.754. The number of methoxy groups -OCH3 is 1. The Labute approximate surface area is 141 Å². The summed E-state index contributed by atoms with van der Waals surface area (Å²) in [5.74, 6) is 0.0709. The highest BCUT2D eigenvalue weighted by molar-refractivity contribution is 5.69. The van der Waals surface area contributed by atoms with Gasteiger partial charge in [-0.2, -0.15) is 13.2 Å². The summed E-state index contributed by atoms with van der Waals surface area (Å²) in [6, 6.07) is 5.47. The van der Waals surface area contributed by atoms with Gasteiger partial charge in [-0.05, 0) is 49.5 Å². The monoisotopic (exact) mass is 345 g/mol. The van der Waals surface area contributed by atoms with E-state index < -0.39 is 11.7 Å². The molecule has 1 fully saturated rings. The fourth-order valence-electron chi connectivity index (χ4n) is 2.79. The molecule has 1 aliphatic heterocycles. The molecular weight excluding hydrogens is 319 g/mol. The lowest BCUT2D eigenvalue weighted by Crippen LogP contribution is -2.34. The van der Waals surface area contributed by atoms with E-state index in [-0.39, 0.29) is 11.9 Å². The highest BCUT2D eigenvalue weighted by Crippen LogP contribution is 2.32. The molecule has 0 atom stereocenters. The zero-order valence-electron chi connectivity index (χ0n) is 14.5. The zero-order valence-corrected chi connectivity index (χ0v) is 14.5. The zero-order chi connectivity index (χ0) is 18.2. The number of piperidine rings is 1. The van der Waals surface area contributed by atoms with Crippen molar-refractivity contribution in [3.8, 4) is 0 Å². The smallest absolute Gasteiger partial charge is 0.416 e. The number of rotatable bonds is 4. The lowest BCUT2D eigenvalue weighted by molar-refractivity contribution is -0.141. The third kappa shape index (κ3) is 6.15. The molecule has 24 heavy (non-hydrogen) atoms. The molecule has 0 saturated carbocycles. The van der Waals surface area contributed by atoms with Crippen LogP contribution in [0, 0.1) is 0 Å². The molecule has 6 heteroatoms. The van der Waals surface area contributed by atoms with Gasteiger partial charge in [0.05, 0.1) is 19.1 Å². The van der Waals surface area contributed by atoms with Gasteiger partial charge >= 0.3 is 12.1 Å². The van der Waals surface area contributed by atoms with Crippen molar-refractivity contribution in [3.63, 3.8) is 0 Å². The maximum atomic E-state index is 12.5. The van der Waals surface area contributed by atoms with E-state index in [2.05, 4.69) is 9.64 Å². The molecule has 1 aliphatic rings. The normalized spacial score (nSPS) is 16.2. The summed E-state index contributed by atoms with van der Waals surface area (Å²) in [5, 5.41) is 0. The third-order valence-corrected chi connectivity index (χ3v) is 4.16. The van der Waals surface area contributed by atoms with Gasteiger partial charge in [-0.15, -0.1) is 0 Å².